The Morgan fingerprint density at radius 1 is 1.40 bits per heavy atom. The van der Waals surface area contributed by atoms with E-state index in [1.54, 1.807) is 0 Å². The molecule has 0 aliphatic rings. The minimum absolute atomic E-state index is 0.0463. The van der Waals surface area contributed by atoms with Gasteiger partial charge in [0.25, 0.3) is 0 Å². The van der Waals surface area contributed by atoms with E-state index in [0.717, 1.165) is 19.3 Å². The first-order valence-electron chi connectivity index (χ1n) is 5.84. The molecule has 0 aromatic heterocycles. The molecule has 2 nitrogen and oxygen atoms in total. The van der Waals surface area contributed by atoms with E-state index in [0.29, 0.717) is 5.92 Å². The number of hydrogen-bond donors (Lipinski definition) is 0. The molecule has 1 atom stereocenters. The van der Waals surface area contributed by atoms with Crippen LogP contribution in [0, 0.1) is 11.3 Å². The summed E-state index contributed by atoms with van der Waals surface area (Å²) in [6, 6.07) is 0. The van der Waals surface area contributed by atoms with Gasteiger partial charge in [-0.25, -0.2) is 0 Å². The van der Waals surface area contributed by atoms with Crippen molar-refractivity contribution < 1.29 is 7.87 Å². The van der Waals surface area contributed by atoms with E-state index >= 15 is 0 Å². The molecule has 0 saturated carbocycles. The van der Waals surface area contributed by atoms with E-state index < -0.39 is 20.2 Å². The molecule has 0 saturated heterocycles. The van der Waals surface area contributed by atoms with E-state index in [-0.39, 0.29) is 11.4 Å². The van der Waals surface area contributed by atoms with Gasteiger partial charge in [-0.15, -0.1) is 0 Å². The predicted molar refractivity (Wildman–Crippen MR) is 66.0 cm³/mol. The third-order valence-electron chi connectivity index (χ3n) is 2.84. The fourth-order valence-corrected chi connectivity index (χ4v) is 3.10. The number of carbonyl (C=O) groups excluding carboxylic acids is 1. The van der Waals surface area contributed by atoms with E-state index in [2.05, 4.69) is 30.7 Å². The first-order chi connectivity index (χ1) is 6.81. The van der Waals surface area contributed by atoms with Crippen LogP contribution in [0.25, 0.3) is 0 Å². The molecule has 0 fully saturated rings. The van der Waals surface area contributed by atoms with Crippen molar-refractivity contribution in [3.8, 4) is 0 Å². The van der Waals surface area contributed by atoms with Crippen LogP contribution < -0.4 is 0 Å². The minimum atomic E-state index is -1.75. The second kappa shape index (κ2) is 6.77. The Labute approximate surface area is 102 Å². The Kier molecular flexibility index (Phi) is 6.89. The molecule has 0 aliphatic heterocycles. The average Bonchev–Trinajstić information content (AvgIpc) is 2.13. The van der Waals surface area contributed by atoms with Crippen LogP contribution in [0.15, 0.2) is 0 Å². The van der Waals surface area contributed by atoms with Crippen LogP contribution in [-0.4, -0.2) is 26.1 Å². The summed E-state index contributed by atoms with van der Waals surface area (Å²) in [5.41, 5.74) is -0.248. The molecular formula is C12H25O2Sn. The number of carbonyl (C=O) groups is 1. The van der Waals surface area contributed by atoms with Gasteiger partial charge < -0.3 is 0 Å². The molecule has 0 aromatic rings. The predicted octanol–water partition coefficient (Wildman–Crippen LogP) is 3.63. The Bertz CT molecular complexity index is 202. The summed E-state index contributed by atoms with van der Waals surface area (Å²) in [4.78, 5) is 16.1. The average molecular weight is 320 g/mol. The van der Waals surface area contributed by atoms with Crippen LogP contribution in [0.3, 0.4) is 0 Å². The molecule has 1 radical (unpaired) electrons. The van der Waals surface area contributed by atoms with Crippen molar-refractivity contribution in [3.63, 3.8) is 0 Å². The van der Waals surface area contributed by atoms with Crippen LogP contribution >= 0.6 is 0 Å². The van der Waals surface area contributed by atoms with Gasteiger partial charge in [0.2, 0.25) is 0 Å². The molecule has 0 rings (SSSR count). The van der Waals surface area contributed by atoms with Gasteiger partial charge in [-0.1, -0.05) is 0 Å². The molecule has 15 heavy (non-hydrogen) atoms. The first kappa shape index (κ1) is 15.3. The maximum absolute atomic E-state index is 11.9. The molecule has 3 heteroatoms. The second-order valence-electron chi connectivity index (χ2n) is 5.14. The molecule has 0 spiro atoms. The SMILES string of the molecule is CCC(C)(CCC(C)C)C(=O)[O][Sn]([CH3])[CH3]. The number of hydrogen-bond acceptors (Lipinski definition) is 2. The van der Waals surface area contributed by atoms with Crippen molar-refractivity contribution in [1.82, 2.24) is 0 Å². The summed E-state index contributed by atoms with van der Waals surface area (Å²) in [6.07, 6.45) is 2.94. The summed E-state index contributed by atoms with van der Waals surface area (Å²) >= 11 is -1.75. The molecule has 0 N–H and O–H groups in total. The van der Waals surface area contributed by atoms with Gasteiger partial charge in [0, 0.05) is 0 Å². The van der Waals surface area contributed by atoms with Crippen molar-refractivity contribution in [1.29, 1.82) is 0 Å². The molecule has 89 valence electrons. The third kappa shape index (κ3) is 5.78. The van der Waals surface area contributed by atoms with Gasteiger partial charge in [-0.3, -0.25) is 0 Å². The number of rotatable bonds is 6. The van der Waals surface area contributed by atoms with Gasteiger partial charge in [0.1, 0.15) is 0 Å². The Morgan fingerprint density at radius 2 is 1.93 bits per heavy atom. The molecule has 0 amide bonds. The van der Waals surface area contributed by atoms with Gasteiger partial charge >= 0.3 is 102 Å². The maximum atomic E-state index is 11.9. The van der Waals surface area contributed by atoms with Crippen LogP contribution in [0.4, 0.5) is 0 Å². The van der Waals surface area contributed by atoms with Gasteiger partial charge in [-0.05, 0) is 0 Å². The molecule has 1 unspecified atom stereocenters. The van der Waals surface area contributed by atoms with Crippen molar-refractivity contribution in [2.75, 3.05) is 0 Å². The Balaban J connectivity index is 4.34. The quantitative estimate of drug-likeness (QED) is 0.699. The van der Waals surface area contributed by atoms with E-state index in [1.807, 2.05) is 6.92 Å². The van der Waals surface area contributed by atoms with Crippen molar-refractivity contribution in [3.05, 3.63) is 0 Å². The third-order valence-corrected chi connectivity index (χ3v) is 4.54. The van der Waals surface area contributed by atoms with Crippen molar-refractivity contribution in [2.24, 2.45) is 11.3 Å². The van der Waals surface area contributed by atoms with E-state index in [1.165, 1.54) is 0 Å². The topological polar surface area (TPSA) is 26.3 Å². The van der Waals surface area contributed by atoms with Crippen LogP contribution in [0.1, 0.15) is 47.0 Å². The first-order valence-corrected chi connectivity index (χ1v) is 12.7. The van der Waals surface area contributed by atoms with Crippen LogP contribution in [0.5, 0.6) is 0 Å². The molecule has 0 aromatic carbocycles. The van der Waals surface area contributed by atoms with Crippen LogP contribution in [0.2, 0.25) is 9.88 Å². The summed E-state index contributed by atoms with van der Waals surface area (Å²) in [5.74, 6) is 0.704. The van der Waals surface area contributed by atoms with E-state index in [9.17, 15) is 4.79 Å². The second-order valence-corrected chi connectivity index (χ2v) is 10.9. The van der Waals surface area contributed by atoms with Crippen LogP contribution in [-0.2, 0) is 7.87 Å². The zero-order valence-corrected chi connectivity index (χ0v) is 13.9. The van der Waals surface area contributed by atoms with Gasteiger partial charge in [-0.2, -0.15) is 0 Å². The summed E-state index contributed by atoms with van der Waals surface area (Å²) in [7, 11) is 0. The van der Waals surface area contributed by atoms with Gasteiger partial charge in [0.05, 0.1) is 0 Å². The van der Waals surface area contributed by atoms with Crippen molar-refractivity contribution in [2.45, 2.75) is 56.8 Å². The normalized spacial score (nSPS) is 15.5. The molecule has 0 bridgehead atoms. The molecular weight excluding hydrogens is 295 g/mol. The summed E-state index contributed by atoms with van der Waals surface area (Å²) in [5, 5.41) is 0. The fourth-order valence-electron chi connectivity index (χ4n) is 1.34. The fraction of sp³-hybridized carbons (Fsp3) is 0.917. The summed E-state index contributed by atoms with van der Waals surface area (Å²) < 4.78 is 5.50. The molecule has 0 aliphatic carbocycles. The summed E-state index contributed by atoms with van der Waals surface area (Å²) in [6.45, 7) is 8.52. The molecule has 0 heterocycles. The van der Waals surface area contributed by atoms with E-state index in [4.69, 9.17) is 3.07 Å². The monoisotopic (exact) mass is 321 g/mol. The Hall–Kier alpha value is 0.269. The zero-order valence-electron chi connectivity index (χ0n) is 11.0. The standard InChI is InChI=1S/C10H20O2.2CH3.Sn/c1-5-10(4,9(11)12)7-6-8(2)3;;;/h8H,5-7H2,1-4H3,(H,11,12);2*1H3;/q;;;+1/p-1. The van der Waals surface area contributed by atoms with Crippen molar-refractivity contribution >= 4 is 26.1 Å². The van der Waals surface area contributed by atoms with Gasteiger partial charge in [0.15, 0.2) is 0 Å². The zero-order chi connectivity index (χ0) is 12.1. The Morgan fingerprint density at radius 3 is 2.27 bits per heavy atom.